The normalized spacial score (nSPS) is 15.8. The number of alkyl halides is 1. The summed E-state index contributed by atoms with van der Waals surface area (Å²) in [7, 11) is 0. The van der Waals surface area contributed by atoms with E-state index in [-0.39, 0.29) is 12.4 Å². The van der Waals surface area contributed by atoms with Crippen LogP contribution in [0.2, 0.25) is 0 Å². The van der Waals surface area contributed by atoms with Gasteiger partial charge in [0.15, 0.2) is 5.60 Å². The van der Waals surface area contributed by atoms with Gasteiger partial charge in [0.1, 0.15) is 11.3 Å². The molecule has 2 unspecified atom stereocenters. The van der Waals surface area contributed by atoms with Crippen molar-refractivity contribution in [2.75, 3.05) is 6.61 Å². The molecular weight excluding hydrogens is 331 g/mol. The summed E-state index contributed by atoms with van der Waals surface area (Å²) in [6, 6.07) is 6.74. The topological polar surface area (TPSA) is 59.7 Å². The Morgan fingerprint density at radius 2 is 2.25 bits per heavy atom. The lowest BCUT2D eigenvalue weighted by Gasteiger charge is -2.23. The molecule has 0 radical (unpaired) electrons. The van der Waals surface area contributed by atoms with E-state index in [4.69, 9.17) is 4.42 Å². The molecular formula is C14H14BrFO4. The largest absolute Gasteiger partial charge is 0.464 e. The standard InChI is InChI=1S/C14H14BrFO4/c1-3-19-13(17)12(16)14(2,18)11-7-8-6-9(15)4-5-10(8)20-11/h4-7,12,18H,3H2,1-2H3. The average Bonchev–Trinajstić information content (AvgIpc) is 2.81. The lowest BCUT2D eigenvalue weighted by atomic mass is 9.97. The fraction of sp³-hybridized carbons (Fsp3) is 0.357. The Hall–Kier alpha value is -1.40. The summed E-state index contributed by atoms with van der Waals surface area (Å²) in [5.74, 6) is -1.13. The summed E-state index contributed by atoms with van der Waals surface area (Å²) < 4.78 is 24.9. The minimum atomic E-state index is -2.22. The molecule has 2 rings (SSSR count). The van der Waals surface area contributed by atoms with Crippen molar-refractivity contribution in [3.8, 4) is 0 Å². The molecule has 1 aromatic heterocycles. The van der Waals surface area contributed by atoms with E-state index in [1.807, 2.05) is 0 Å². The van der Waals surface area contributed by atoms with E-state index in [0.29, 0.717) is 11.0 Å². The number of carbonyl (C=O) groups is 1. The number of furan rings is 1. The quantitative estimate of drug-likeness (QED) is 0.864. The van der Waals surface area contributed by atoms with E-state index >= 15 is 0 Å². The van der Waals surface area contributed by atoms with Gasteiger partial charge in [-0.25, -0.2) is 9.18 Å². The summed E-state index contributed by atoms with van der Waals surface area (Å²) >= 11 is 3.31. The van der Waals surface area contributed by atoms with E-state index in [1.54, 1.807) is 25.1 Å². The van der Waals surface area contributed by atoms with Crippen LogP contribution in [0, 0.1) is 0 Å². The van der Waals surface area contributed by atoms with E-state index in [0.717, 1.165) is 4.47 Å². The summed E-state index contributed by atoms with van der Waals surface area (Å²) in [5.41, 5.74) is -1.59. The summed E-state index contributed by atoms with van der Waals surface area (Å²) in [6.45, 7) is 2.79. The first-order chi connectivity index (χ1) is 9.36. The zero-order valence-electron chi connectivity index (χ0n) is 11.0. The minimum Gasteiger partial charge on any atom is -0.464 e. The zero-order valence-corrected chi connectivity index (χ0v) is 12.6. The van der Waals surface area contributed by atoms with Gasteiger partial charge in [0.25, 0.3) is 0 Å². The number of fused-ring (bicyclic) bond motifs is 1. The molecule has 0 fully saturated rings. The molecule has 1 heterocycles. The Labute approximate surface area is 123 Å². The second kappa shape index (κ2) is 5.54. The van der Waals surface area contributed by atoms with Gasteiger partial charge in [0, 0.05) is 9.86 Å². The molecule has 0 aliphatic carbocycles. The van der Waals surface area contributed by atoms with Crippen LogP contribution in [0.25, 0.3) is 11.0 Å². The molecule has 4 nitrogen and oxygen atoms in total. The van der Waals surface area contributed by atoms with Crippen molar-refractivity contribution in [2.24, 2.45) is 0 Å². The fourth-order valence-electron chi connectivity index (χ4n) is 1.83. The highest BCUT2D eigenvalue weighted by atomic mass is 79.9. The van der Waals surface area contributed by atoms with Crippen molar-refractivity contribution in [3.05, 3.63) is 34.5 Å². The van der Waals surface area contributed by atoms with Gasteiger partial charge in [0.05, 0.1) is 6.61 Å². The maximum absolute atomic E-state index is 14.1. The molecule has 2 atom stereocenters. The number of aliphatic hydroxyl groups is 1. The number of halogens is 2. The minimum absolute atomic E-state index is 0.0221. The van der Waals surface area contributed by atoms with Crippen LogP contribution >= 0.6 is 15.9 Å². The number of rotatable bonds is 4. The first-order valence-corrected chi connectivity index (χ1v) is 6.88. The smallest absolute Gasteiger partial charge is 0.344 e. The molecule has 6 heteroatoms. The number of hydrogen-bond acceptors (Lipinski definition) is 4. The zero-order chi connectivity index (χ0) is 14.9. The second-order valence-corrected chi connectivity index (χ2v) is 5.47. The lowest BCUT2D eigenvalue weighted by molar-refractivity contribution is -0.161. The van der Waals surface area contributed by atoms with Gasteiger partial charge in [-0.2, -0.15) is 0 Å². The molecule has 1 aromatic carbocycles. The molecule has 0 amide bonds. The Bertz CT molecular complexity index is 635. The van der Waals surface area contributed by atoms with Crippen molar-refractivity contribution in [1.82, 2.24) is 0 Å². The molecule has 0 saturated carbocycles. The van der Waals surface area contributed by atoms with Crippen LogP contribution in [-0.2, 0) is 15.1 Å². The van der Waals surface area contributed by atoms with E-state index < -0.39 is 17.7 Å². The Morgan fingerprint density at radius 3 is 2.90 bits per heavy atom. The van der Waals surface area contributed by atoms with Crippen LogP contribution in [0.4, 0.5) is 4.39 Å². The van der Waals surface area contributed by atoms with Gasteiger partial charge in [-0.1, -0.05) is 15.9 Å². The fourth-order valence-corrected chi connectivity index (χ4v) is 2.21. The number of ether oxygens (including phenoxy) is 1. The van der Waals surface area contributed by atoms with Crippen molar-refractivity contribution < 1.29 is 23.4 Å². The van der Waals surface area contributed by atoms with Crippen LogP contribution < -0.4 is 0 Å². The number of esters is 1. The third kappa shape index (κ3) is 2.71. The average molecular weight is 345 g/mol. The highest BCUT2D eigenvalue weighted by Gasteiger charge is 2.43. The Balaban J connectivity index is 2.37. The first-order valence-electron chi connectivity index (χ1n) is 6.09. The molecule has 0 bridgehead atoms. The summed E-state index contributed by atoms with van der Waals surface area (Å²) in [5, 5.41) is 10.9. The van der Waals surface area contributed by atoms with Crippen molar-refractivity contribution in [2.45, 2.75) is 25.6 Å². The van der Waals surface area contributed by atoms with Crippen LogP contribution in [0.3, 0.4) is 0 Å². The summed E-state index contributed by atoms with van der Waals surface area (Å²) in [4.78, 5) is 11.4. The number of benzene rings is 1. The van der Waals surface area contributed by atoms with Gasteiger partial charge >= 0.3 is 5.97 Å². The van der Waals surface area contributed by atoms with Crippen molar-refractivity contribution in [3.63, 3.8) is 0 Å². The molecule has 20 heavy (non-hydrogen) atoms. The monoisotopic (exact) mass is 344 g/mol. The Morgan fingerprint density at radius 1 is 1.55 bits per heavy atom. The first kappa shape index (κ1) is 15.0. The van der Waals surface area contributed by atoms with Crippen LogP contribution in [0.5, 0.6) is 0 Å². The third-order valence-corrected chi connectivity index (χ3v) is 3.46. The molecule has 0 aliphatic heterocycles. The van der Waals surface area contributed by atoms with E-state index in [1.165, 1.54) is 13.0 Å². The molecule has 108 valence electrons. The predicted molar refractivity (Wildman–Crippen MR) is 75.0 cm³/mol. The molecule has 0 spiro atoms. The highest BCUT2D eigenvalue weighted by molar-refractivity contribution is 9.10. The Kier molecular flexibility index (Phi) is 4.15. The van der Waals surface area contributed by atoms with Gasteiger partial charge < -0.3 is 14.3 Å². The van der Waals surface area contributed by atoms with Gasteiger partial charge in [-0.05, 0) is 38.1 Å². The number of hydrogen-bond donors (Lipinski definition) is 1. The van der Waals surface area contributed by atoms with Crippen molar-refractivity contribution in [1.29, 1.82) is 0 Å². The summed E-state index contributed by atoms with van der Waals surface area (Å²) in [6.07, 6.45) is -2.22. The third-order valence-electron chi connectivity index (χ3n) is 2.96. The molecule has 0 saturated heterocycles. The van der Waals surface area contributed by atoms with E-state index in [2.05, 4.69) is 20.7 Å². The second-order valence-electron chi connectivity index (χ2n) is 4.55. The SMILES string of the molecule is CCOC(=O)C(F)C(C)(O)c1cc2cc(Br)ccc2o1. The highest BCUT2D eigenvalue weighted by Crippen LogP contribution is 2.33. The molecule has 1 N–H and O–H groups in total. The van der Waals surface area contributed by atoms with Gasteiger partial charge in [-0.3, -0.25) is 0 Å². The van der Waals surface area contributed by atoms with Crippen LogP contribution in [0.15, 0.2) is 33.2 Å². The predicted octanol–water partition coefficient (Wildman–Crippen LogP) is 3.30. The van der Waals surface area contributed by atoms with Crippen LogP contribution in [-0.4, -0.2) is 23.9 Å². The van der Waals surface area contributed by atoms with Crippen molar-refractivity contribution >= 4 is 32.9 Å². The maximum Gasteiger partial charge on any atom is 0.344 e. The maximum atomic E-state index is 14.1. The molecule has 2 aromatic rings. The number of carbonyl (C=O) groups excluding carboxylic acids is 1. The van der Waals surface area contributed by atoms with Gasteiger partial charge in [-0.15, -0.1) is 0 Å². The molecule has 0 aliphatic rings. The lowest BCUT2D eigenvalue weighted by Crippen LogP contribution is -2.39. The van der Waals surface area contributed by atoms with Gasteiger partial charge in [0.2, 0.25) is 6.17 Å². The van der Waals surface area contributed by atoms with E-state index in [9.17, 15) is 14.3 Å². The van der Waals surface area contributed by atoms with Crippen LogP contribution in [0.1, 0.15) is 19.6 Å².